The van der Waals surface area contributed by atoms with Gasteiger partial charge in [-0.3, -0.25) is 0 Å². The smallest absolute Gasteiger partial charge is 0.110 e. The van der Waals surface area contributed by atoms with E-state index >= 15 is 0 Å². The molecule has 0 bridgehead atoms. The molecule has 1 N–H and O–H groups in total. The molecular weight excluding hydrogens is 228 g/mol. The Morgan fingerprint density at radius 2 is 2.00 bits per heavy atom. The summed E-state index contributed by atoms with van der Waals surface area (Å²) in [6, 6.07) is 1.32. The molecule has 0 saturated heterocycles. The summed E-state index contributed by atoms with van der Waals surface area (Å²) in [4.78, 5) is 4.55. The second-order valence-electron chi connectivity index (χ2n) is 5.81. The van der Waals surface area contributed by atoms with Gasteiger partial charge in [-0.25, -0.2) is 4.98 Å². The Bertz CT molecular complexity index is 337. The zero-order valence-electron chi connectivity index (χ0n) is 10.6. The normalized spacial score (nSPS) is 31.4. The van der Waals surface area contributed by atoms with Crippen molar-refractivity contribution in [1.29, 1.82) is 0 Å². The fourth-order valence-corrected chi connectivity index (χ4v) is 3.71. The van der Waals surface area contributed by atoms with Crippen LogP contribution in [0.15, 0.2) is 11.6 Å². The minimum absolute atomic E-state index is 0.537. The van der Waals surface area contributed by atoms with Gasteiger partial charge in [-0.05, 0) is 37.5 Å². The third-order valence-electron chi connectivity index (χ3n) is 4.24. The number of thiazole rings is 1. The van der Waals surface area contributed by atoms with Gasteiger partial charge in [-0.15, -0.1) is 11.3 Å². The molecule has 0 spiro atoms. The van der Waals surface area contributed by atoms with Crippen molar-refractivity contribution in [3.63, 3.8) is 0 Å². The van der Waals surface area contributed by atoms with Crippen molar-refractivity contribution in [2.24, 2.45) is 11.8 Å². The summed E-state index contributed by atoms with van der Waals surface area (Å²) in [5, 5.41) is 7.26. The summed E-state index contributed by atoms with van der Waals surface area (Å²) in [7, 11) is 0. The average Bonchev–Trinajstić information content (AvgIpc) is 3.00. The van der Waals surface area contributed by atoms with Crippen LogP contribution in [0.1, 0.15) is 56.5 Å². The van der Waals surface area contributed by atoms with E-state index in [2.05, 4.69) is 22.6 Å². The first kappa shape index (κ1) is 11.7. The Balaban J connectivity index is 1.69. The van der Waals surface area contributed by atoms with Gasteiger partial charge in [-0.1, -0.05) is 19.8 Å². The molecular formula is C14H22N2S. The first-order valence-electron chi connectivity index (χ1n) is 6.98. The highest BCUT2D eigenvalue weighted by Crippen LogP contribution is 2.39. The third kappa shape index (κ3) is 2.89. The van der Waals surface area contributed by atoms with Crippen LogP contribution in [0.25, 0.3) is 0 Å². The van der Waals surface area contributed by atoms with Crippen molar-refractivity contribution >= 4 is 11.3 Å². The lowest BCUT2D eigenvalue weighted by molar-refractivity contribution is 0.230. The Hall–Kier alpha value is -0.410. The van der Waals surface area contributed by atoms with Crippen LogP contribution < -0.4 is 5.32 Å². The van der Waals surface area contributed by atoms with Crippen molar-refractivity contribution in [2.75, 3.05) is 0 Å². The van der Waals surface area contributed by atoms with Gasteiger partial charge in [0.1, 0.15) is 5.01 Å². The second-order valence-corrected chi connectivity index (χ2v) is 6.74. The minimum atomic E-state index is 0.537. The molecule has 1 unspecified atom stereocenters. The highest BCUT2D eigenvalue weighted by molar-refractivity contribution is 7.09. The lowest BCUT2D eigenvalue weighted by atomic mass is 9.79. The Morgan fingerprint density at radius 3 is 2.59 bits per heavy atom. The van der Waals surface area contributed by atoms with E-state index in [0.717, 1.165) is 17.9 Å². The molecule has 2 nitrogen and oxygen atoms in total. The molecule has 94 valence electrons. The molecule has 2 saturated carbocycles. The topological polar surface area (TPSA) is 24.9 Å². The SMILES string of the molecule is CC1CCC(C(NC2CC2)c2nccs2)CC1. The summed E-state index contributed by atoms with van der Waals surface area (Å²) < 4.78 is 0. The van der Waals surface area contributed by atoms with Crippen LogP contribution in [-0.2, 0) is 0 Å². The standard InChI is InChI=1S/C14H22N2S/c1-10-2-4-11(5-3-10)13(16-12-6-7-12)14-15-8-9-17-14/h8-13,16H,2-7H2,1H3. The number of rotatable bonds is 4. The monoisotopic (exact) mass is 250 g/mol. The summed E-state index contributed by atoms with van der Waals surface area (Å²) in [5.41, 5.74) is 0. The van der Waals surface area contributed by atoms with Crippen molar-refractivity contribution in [2.45, 2.75) is 57.5 Å². The van der Waals surface area contributed by atoms with Gasteiger partial charge in [0.15, 0.2) is 0 Å². The maximum atomic E-state index is 4.55. The first-order valence-corrected chi connectivity index (χ1v) is 7.86. The van der Waals surface area contributed by atoms with Crippen LogP contribution in [0.4, 0.5) is 0 Å². The first-order chi connectivity index (χ1) is 8.33. The molecule has 1 heterocycles. The van der Waals surface area contributed by atoms with E-state index in [1.165, 1.54) is 43.5 Å². The molecule has 2 aliphatic rings. The zero-order chi connectivity index (χ0) is 11.7. The number of nitrogens with one attached hydrogen (secondary N) is 1. The molecule has 0 amide bonds. The van der Waals surface area contributed by atoms with Gasteiger partial charge in [0.05, 0.1) is 6.04 Å². The molecule has 0 aromatic carbocycles. The molecule has 17 heavy (non-hydrogen) atoms. The van der Waals surface area contributed by atoms with Crippen LogP contribution >= 0.6 is 11.3 Å². The lowest BCUT2D eigenvalue weighted by Crippen LogP contribution is -2.32. The number of hydrogen-bond acceptors (Lipinski definition) is 3. The van der Waals surface area contributed by atoms with E-state index in [0.29, 0.717) is 6.04 Å². The summed E-state index contributed by atoms with van der Waals surface area (Å²) in [5.74, 6) is 1.75. The molecule has 1 aromatic heterocycles. The summed E-state index contributed by atoms with van der Waals surface area (Å²) >= 11 is 1.82. The van der Waals surface area contributed by atoms with Crippen LogP contribution in [-0.4, -0.2) is 11.0 Å². The van der Waals surface area contributed by atoms with Crippen molar-refractivity contribution in [3.8, 4) is 0 Å². The van der Waals surface area contributed by atoms with E-state index < -0.39 is 0 Å². The predicted molar refractivity (Wildman–Crippen MR) is 72.1 cm³/mol. The zero-order valence-corrected chi connectivity index (χ0v) is 11.4. The summed E-state index contributed by atoms with van der Waals surface area (Å²) in [6.07, 6.45) is 10.2. The largest absolute Gasteiger partial charge is 0.305 e. The third-order valence-corrected chi connectivity index (χ3v) is 5.10. The van der Waals surface area contributed by atoms with E-state index in [4.69, 9.17) is 0 Å². The van der Waals surface area contributed by atoms with Crippen molar-refractivity contribution in [3.05, 3.63) is 16.6 Å². The molecule has 2 aliphatic carbocycles. The molecule has 0 radical (unpaired) electrons. The van der Waals surface area contributed by atoms with Gasteiger partial charge in [-0.2, -0.15) is 0 Å². The van der Waals surface area contributed by atoms with Gasteiger partial charge >= 0.3 is 0 Å². The van der Waals surface area contributed by atoms with Gasteiger partial charge < -0.3 is 5.32 Å². The van der Waals surface area contributed by atoms with Crippen LogP contribution in [0.3, 0.4) is 0 Å². The highest BCUT2D eigenvalue weighted by atomic mass is 32.1. The fourth-order valence-electron chi connectivity index (χ4n) is 2.92. The molecule has 1 atom stereocenters. The average molecular weight is 250 g/mol. The lowest BCUT2D eigenvalue weighted by Gasteiger charge is -2.32. The highest BCUT2D eigenvalue weighted by Gasteiger charge is 2.33. The molecule has 3 rings (SSSR count). The number of hydrogen-bond donors (Lipinski definition) is 1. The van der Waals surface area contributed by atoms with E-state index in [1.54, 1.807) is 0 Å². The Kier molecular flexibility index (Phi) is 3.48. The van der Waals surface area contributed by atoms with Crippen LogP contribution in [0.5, 0.6) is 0 Å². The second kappa shape index (κ2) is 5.07. The minimum Gasteiger partial charge on any atom is -0.305 e. The quantitative estimate of drug-likeness (QED) is 0.880. The van der Waals surface area contributed by atoms with Crippen molar-refractivity contribution in [1.82, 2.24) is 10.3 Å². The van der Waals surface area contributed by atoms with Gasteiger partial charge in [0, 0.05) is 17.6 Å². The van der Waals surface area contributed by atoms with Gasteiger partial charge in [0.25, 0.3) is 0 Å². The fraction of sp³-hybridized carbons (Fsp3) is 0.786. The van der Waals surface area contributed by atoms with Crippen LogP contribution in [0, 0.1) is 11.8 Å². The molecule has 0 aliphatic heterocycles. The van der Waals surface area contributed by atoms with Crippen molar-refractivity contribution < 1.29 is 0 Å². The molecule has 1 aromatic rings. The van der Waals surface area contributed by atoms with Gasteiger partial charge in [0.2, 0.25) is 0 Å². The van der Waals surface area contributed by atoms with E-state index in [1.807, 2.05) is 17.5 Å². The molecule has 2 fully saturated rings. The van der Waals surface area contributed by atoms with E-state index in [9.17, 15) is 0 Å². The van der Waals surface area contributed by atoms with Crippen LogP contribution in [0.2, 0.25) is 0 Å². The van der Waals surface area contributed by atoms with E-state index in [-0.39, 0.29) is 0 Å². The summed E-state index contributed by atoms with van der Waals surface area (Å²) in [6.45, 7) is 2.39. The number of aromatic nitrogens is 1. The maximum Gasteiger partial charge on any atom is 0.110 e. The predicted octanol–water partition coefficient (Wildman–Crippen LogP) is 3.76. The maximum absolute atomic E-state index is 4.55. The Morgan fingerprint density at radius 1 is 1.24 bits per heavy atom. The Labute approximate surface area is 108 Å². The molecule has 3 heteroatoms. The number of nitrogens with zero attached hydrogens (tertiary/aromatic N) is 1.